The van der Waals surface area contributed by atoms with E-state index in [2.05, 4.69) is 9.97 Å². The molecule has 1 fully saturated rings. The number of H-pyrrole nitrogens is 1. The lowest BCUT2D eigenvalue weighted by Crippen LogP contribution is -2.30. The summed E-state index contributed by atoms with van der Waals surface area (Å²) >= 11 is 0. The molecule has 2 aromatic heterocycles. The number of nitrogens with zero attached hydrogens (tertiary/aromatic N) is 2. The molecule has 0 spiro atoms. The number of hydrogen-bond donors (Lipinski definition) is 2. The number of aromatic nitrogens is 2. The number of benzene rings is 1. The summed E-state index contributed by atoms with van der Waals surface area (Å²) < 4.78 is 0. The van der Waals surface area contributed by atoms with Gasteiger partial charge in [0.05, 0.1) is 11.6 Å². The van der Waals surface area contributed by atoms with Crippen molar-refractivity contribution < 1.29 is 14.7 Å². The molecule has 1 saturated heterocycles. The Morgan fingerprint density at radius 2 is 1.90 bits per heavy atom. The van der Waals surface area contributed by atoms with Gasteiger partial charge in [-0.05, 0) is 31.5 Å². The van der Waals surface area contributed by atoms with Crippen LogP contribution in [0.2, 0.25) is 0 Å². The van der Waals surface area contributed by atoms with Gasteiger partial charge in [-0.2, -0.15) is 0 Å². The number of ketones is 1. The predicted octanol–water partition coefficient (Wildman–Crippen LogP) is 4.09. The molecule has 4 rings (SSSR count). The number of Topliss-reactive ketones (excluding diaryl/α,β-unsaturated/α-hetero) is 1. The molecule has 1 aliphatic heterocycles. The van der Waals surface area contributed by atoms with E-state index < -0.39 is 17.7 Å². The Labute approximate surface area is 168 Å². The van der Waals surface area contributed by atoms with Gasteiger partial charge in [0, 0.05) is 46.7 Å². The first-order chi connectivity index (χ1) is 14.0. The number of unbranched alkanes of at least 4 members (excludes halogenated alkanes) is 1. The first kappa shape index (κ1) is 18.9. The highest BCUT2D eigenvalue weighted by atomic mass is 16.3. The molecule has 3 heterocycles. The maximum absolute atomic E-state index is 13.0. The summed E-state index contributed by atoms with van der Waals surface area (Å²) in [5.41, 5.74) is 3.26. The SMILES string of the molecule is CCCCN1C(=O)C(=O)/C(=C(/O)c2ccncc2)C1c1c(C)[nH]c2ccccc12. The number of aliphatic hydroxyl groups excluding tert-OH is 1. The average molecular weight is 389 g/mol. The summed E-state index contributed by atoms with van der Waals surface area (Å²) in [7, 11) is 0. The summed E-state index contributed by atoms with van der Waals surface area (Å²) in [6, 6.07) is 10.4. The topological polar surface area (TPSA) is 86.3 Å². The van der Waals surface area contributed by atoms with Crippen LogP contribution in [0.5, 0.6) is 0 Å². The molecule has 1 aromatic carbocycles. The summed E-state index contributed by atoms with van der Waals surface area (Å²) in [5, 5.41) is 12.0. The van der Waals surface area contributed by atoms with E-state index in [4.69, 9.17) is 0 Å². The van der Waals surface area contributed by atoms with Crippen molar-refractivity contribution in [2.24, 2.45) is 0 Å². The van der Waals surface area contributed by atoms with Gasteiger partial charge in [-0.1, -0.05) is 31.5 Å². The fourth-order valence-corrected chi connectivity index (χ4v) is 4.06. The molecule has 3 aromatic rings. The molecular weight excluding hydrogens is 366 g/mol. The van der Waals surface area contributed by atoms with Gasteiger partial charge in [0.25, 0.3) is 11.7 Å². The van der Waals surface area contributed by atoms with Gasteiger partial charge in [-0.15, -0.1) is 0 Å². The number of carbonyl (C=O) groups is 2. The smallest absolute Gasteiger partial charge is 0.295 e. The Kier molecular flexibility index (Phi) is 4.92. The number of nitrogens with one attached hydrogen (secondary N) is 1. The van der Waals surface area contributed by atoms with Crippen molar-refractivity contribution >= 4 is 28.4 Å². The third-order valence-corrected chi connectivity index (χ3v) is 5.46. The highest BCUT2D eigenvalue weighted by Gasteiger charge is 2.47. The van der Waals surface area contributed by atoms with Gasteiger partial charge in [0.15, 0.2) is 0 Å². The van der Waals surface area contributed by atoms with Crippen LogP contribution in [0.1, 0.15) is 42.6 Å². The maximum atomic E-state index is 13.0. The van der Waals surface area contributed by atoms with Gasteiger partial charge < -0.3 is 15.0 Å². The number of carbonyl (C=O) groups excluding carboxylic acids is 2. The molecule has 148 valence electrons. The van der Waals surface area contributed by atoms with E-state index in [1.54, 1.807) is 29.4 Å². The molecule has 29 heavy (non-hydrogen) atoms. The molecular formula is C23H23N3O3. The zero-order valence-electron chi connectivity index (χ0n) is 16.5. The first-order valence-electron chi connectivity index (χ1n) is 9.80. The van der Waals surface area contributed by atoms with Crippen LogP contribution in [0.4, 0.5) is 0 Å². The largest absolute Gasteiger partial charge is 0.507 e. The molecule has 0 aliphatic carbocycles. The van der Waals surface area contributed by atoms with E-state index in [-0.39, 0.29) is 11.3 Å². The maximum Gasteiger partial charge on any atom is 0.295 e. The molecule has 1 amide bonds. The molecule has 2 N–H and O–H groups in total. The Morgan fingerprint density at radius 3 is 2.62 bits per heavy atom. The van der Waals surface area contributed by atoms with Gasteiger partial charge in [-0.25, -0.2) is 0 Å². The molecule has 1 aliphatic rings. The Hall–Kier alpha value is -3.41. The minimum atomic E-state index is -0.648. The normalized spacial score (nSPS) is 18.7. The highest BCUT2D eigenvalue weighted by molar-refractivity contribution is 6.46. The predicted molar refractivity (Wildman–Crippen MR) is 111 cm³/mol. The van der Waals surface area contributed by atoms with Crippen molar-refractivity contribution in [2.45, 2.75) is 32.7 Å². The van der Waals surface area contributed by atoms with Crippen LogP contribution in [-0.4, -0.2) is 38.2 Å². The highest BCUT2D eigenvalue weighted by Crippen LogP contribution is 2.43. The third kappa shape index (κ3) is 3.10. The van der Waals surface area contributed by atoms with Gasteiger partial charge in [0.1, 0.15) is 5.76 Å². The number of pyridine rings is 1. The van der Waals surface area contributed by atoms with E-state index in [0.29, 0.717) is 12.1 Å². The molecule has 1 unspecified atom stereocenters. The molecule has 6 nitrogen and oxygen atoms in total. The number of para-hydroxylation sites is 1. The van der Waals surface area contributed by atoms with Crippen LogP contribution in [0.15, 0.2) is 54.4 Å². The second-order valence-corrected chi connectivity index (χ2v) is 7.29. The minimum absolute atomic E-state index is 0.130. The van der Waals surface area contributed by atoms with Crippen molar-refractivity contribution in [3.8, 4) is 0 Å². The van der Waals surface area contributed by atoms with E-state index in [9.17, 15) is 14.7 Å². The second kappa shape index (κ2) is 7.54. The number of fused-ring (bicyclic) bond motifs is 1. The van der Waals surface area contributed by atoms with Crippen LogP contribution in [0.25, 0.3) is 16.7 Å². The molecule has 0 radical (unpaired) electrons. The average Bonchev–Trinajstić information content (AvgIpc) is 3.19. The number of aryl methyl sites for hydroxylation is 1. The standard InChI is InChI=1S/C23H23N3O3/c1-3-4-13-26-20(18-14(2)25-17-8-6-5-7-16(17)18)19(22(28)23(26)29)21(27)15-9-11-24-12-10-15/h5-12,20,25,27H,3-4,13H2,1-2H3/b21-19+. The summed E-state index contributed by atoms with van der Waals surface area (Å²) in [6.07, 6.45) is 4.77. The minimum Gasteiger partial charge on any atom is -0.507 e. The van der Waals surface area contributed by atoms with Crippen molar-refractivity contribution in [2.75, 3.05) is 6.54 Å². The summed E-state index contributed by atoms with van der Waals surface area (Å²) in [4.78, 5) is 34.8. The quantitative estimate of drug-likeness (QED) is 0.391. The molecule has 0 saturated carbocycles. The summed E-state index contributed by atoms with van der Waals surface area (Å²) in [5.74, 6) is -1.38. The Morgan fingerprint density at radius 1 is 1.17 bits per heavy atom. The lowest BCUT2D eigenvalue weighted by atomic mass is 9.93. The van der Waals surface area contributed by atoms with Crippen LogP contribution >= 0.6 is 0 Å². The number of hydrogen-bond acceptors (Lipinski definition) is 4. The second-order valence-electron chi connectivity index (χ2n) is 7.29. The zero-order chi connectivity index (χ0) is 20.5. The van der Waals surface area contributed by atoms with Crippen molar-refractivity contribution in [1.29, 1.82) is 0 Å². The fraction of sp³-hybridized carbons (Fsp3) is 0.261. The third-order valence-electron chi connectivity index (χ3n) is 5.46. The lowest BCUT2D eigenvalue weighted by molar-refractivity contribution is -0.139. The fourth-order valence-electron chi connectivity index (χ4n) is 4.06. The number of aliphatic hydroxyl groups is 1. The van der Waals surface area contributed by atoms with E-state index in [0.717, 1.165) is 35.0 Å². The number of aromatic amines is 1. The van der Waals surface area contributed by atoms with E-state index in [1.165, 1.54) is 0 Å². The Bertz CT molecular complexity index is 1110. The molecule has 6 heteroatoms. The van der Waals surface area contributed by atoms with Crippen LogP contribution < -0.4 is 0 Å². The zero-order valence-corrected chi connectivity index (χ0v) is 16.5. The lowest BCUT2D eigenvalue weighted by Gasteiger charge is -2.25. The van der Waals surface area contributed by atoms with E-state index in [1.807, 2.05) is 38.1 Å². The number of likely N-dealkylation sites (tertiary alicyclic amines) is 1. The van der Waals surface area contributed by atoms with E-state index >= 15 is 0 Å². The Balaban J connectivity index is 1.97. The van der Waals surface area contributed by atoms with Gasteiger partial charge >= 0.3 is 0 Å². The van der Waals surface area contributed by atoms with Gasteiger partial charge in [-0.3, -0.25) is 14.6 Å². The summed E-state index contributed by atoms with van der Waals surface area (Å²) in [6.45, 7) is 4.43. The van der Waals surface area contributed by atoms with Crippen LogP contribution in [-0.2, 0) is 9.59 Å². The molecule has 0 bridgehead atoms. The van der Waals surface area contributed by atoms with Crippen LogP contribution in [0.3, 0.4) is 0 Å². The monoisotopic (exact) mass is 389 g/mol. The molecule has 1 atom stereocenters. The number of rotatable bonds is 5. The first-order valence-corrected chi connectivity index (χ1v) is 9.80. The van der Waals surface area contributed by atoms with Crippen LogP contribution in [0, 0.1) is 6.92 Å². The van der Waals surface area contributed by atoms with Crippen molar-refractivity contribution in [3.63, 3.8) is 0 Å². The van der Waals surface area contributed by atoms with Crippen molar-refractivity contribution in [1.82, 2.24) is 14.9 Å². The number of amides is 1. The van der Waals surface area contributed by atoms with Crippen molar-refractivity contribution in [3.05, 3.63) is 71.2 Å². The van der Waals surface area contributed by atoms with Gasteiger partial charge in [0.2, 0.25) is 0 Å².